The number of benzene rings is 3. The first-order chi connectivity index (χ1) is 10.3. The van der Waals surface area contributed by atoms with Gasteiger partial charge < -0.3 is 0 Å². The highest BCUT2D eigenvalue weighted by Gasteiger charge is 2.10. The van der Waals surface area contributed by atoms with E-state index in [1.165, 1.54) is 12.3 Å². The maximum Gasteiger partial charge on any atom is 0.213 e. The smallest absolute Gasteiger partial charge is 0.213 e. The molecule has 0 N–H and O–H groups in total. The first-order valence-electron chi connectivity index (χ1n) is 6.85. The Morgan fingerprint density at radius 2 is 1.33 bits per heavy atom. The van der Waals surface area contributed by atoms with Crippen LogP contribution in [-0.4, -0.2) is 4.98 Å². The summed E-state index contributed by atoms with van der Waals surface area (Å²) in [6.07, 6.45) is 1.52. The molecule has 0 bridgehead atoms. The van der Waals surface area contributed by atoms with Crippen molar-refractivity contribution in [2.75, 3.05) is 0 Å². The van der Waals surface area contributed by atoms with Crippen molar-refractivity contribution in [2.24, 2.45) is 0 Å². The highest BCUT2D eigenvalue weighted by Crippen LogP contribution is 2.36. The van der Waals surface area contributed by atoms with Crippen LogP contribution in [0.1, 0.15) is 0 Å². The molecule has 0 aliphatic carbocycles. The summed E-state index contributed by atoms with van der Waals surface area (Å²) in [5.74, 6) is -0.454. The molecule has 0 saturated heterocycles. The van der Waals surface area contributed by atoms with E-state index >= 15 is 0 Å². The molecule has 0 atom stereocenters. The van der Waals surface area contributed by atoms with E-state index in [2.05, 4.69) is 35.3 Å². The number of halogens is 1. The normalized spacial score (nSPS) is 11.1. The molecule has 0 spiro atoms. The van der Waals surface area contributed by atoms with Crippen molar-refractivity contribution in [3.63, 3.8) is 0 Å². The lowest BCUT2D eigenvalue weighted by Crippen LogP contribution is -1.88. The number of aromatic nitrogens is 1. The van der Waals surface area contributed by atoms with Crippen molar-refractivity contribution >= 4 is 21.5 Å². The van der Waals surface area contributed by atoms with Crippen LogP contribution in [0.15, 0.2) is 72.9 Å². The van der Waals surface area contributed by atoms with Gasteiger partial charge >= 0.3 is 0 Å². The van der Waals surface area contributed by atoms with Gasteiger partial charge in [0.1, 0.15) is 0 Å². The summed E-state index contributed by atoms with van der Waals surface area (Å²) >= 11 is 0. The molecule has 3 aromatic carbocycles. The van der Waals surface area contributed by atoms with Crippen LogP contribution in [0.25, 0.3) is 32.7 Å². The highest BCUT2D eigenvalue weighted by molar-refractivity contribution is 6.12. The Hall–Kier alpha value is -2.74. The number of rotatable bonds is 1. The third-order valence-corrected chi connectivity index (χ3v) is 3.79. The van der Waals surface area contributed by atoms with Gasteiger partial charge in [-0.25, -0.2) is 4.98 Å². The predicted octanol–water partition coefficient (Wildman–Crippen LogP) is 5.19. The van der Waals surface area contributed by atoms with Gasteiger partial charge in [-0.15, -0.1) is 0 Å². The first kappa shape index (κ1) is 12.0. The Balaban J connectivity index is 2.21. The molecule has 0 amide bonds. The van der Waals surface area contributed by atoms with Gasteiger partial charge in [0.25, 0.3) is 0 Å². The van der Waals surface area contributed by atoms with E-state index in [9.17, 15) is 4.39 Å². The number of nitrogens with zero attached hydrogens (tertiary/aromatic N) is 1. The monoisotopic (exact) mass is 273 g/mol. The summed E-state index contributed by atoms with van der Waals surface area (Å²) in [5.41, 5.74) is 1.92. The van der Waals surface area contributed by atoms with E-state index in [4.69, 9.17) is 0 Å². The summed E-state index contributed by atoms with van der Waals surface area (Å²) in [6, 6.07) is 21.9. The number of hydrogen-bond donors (Lipinski definition) is 0. The van der Waals surface area contributed by atoms with E-state index in [0.29, 0.717) is 0 Å². The summed E-state index contributed by atoms with van der Waals surface area (Å²) in [4.78, 5) is 3.66. The molecule has 4 aromatic rings. The lowest BCUT2D eigenvalue weighted by molar-refractivity contribution is 0.584. The van der Waals surface area contributed by atoms with Crippen LogP contribution in [0.5, 0.6) is 0 Å². The second-order valence-electron chi connectivity index (χ2n) is 5.06. The minimum atomic E-state index is -0.454. The van der Waals surface area contributed by atoms with Crippen LogP contribution < -0.4 is 0 Å². The van der Waals surface area contributed by atoms with Crippen molar-refractivity contribution in [1.82, 2.24) is 4.98 Å². The van der Waals surface area contributed by atoms with Crippen LogP contribution in [-0.2, 0) is 0 Å². The second kappa shape index (κ2) is 4.67. The van der Waals surface area contributed by atoms with Crippen molar-refractivity contribution in [3.8, 4) is 11.1 Å². The Morgan fingerprint density at radius 3 is 1.95 bits per heavy atom. The molecule has 21 heavy (non-hydrogen) atoms. The van der Waals surface area contributed by atoms with E-state index in [1.54, 1.807) is 0 Å². The van der Waals surface area contributed by atoms with E-state index in [1.807, 2.05) is 30.3 Å². The average Bonchev–Trinajstić information content (AvgIpc) is 2.52. The third kappa shape index (κ3) is 1.96. The van der Waals surface area contributed by atoms with Crippen LogP contribution in [0.2, 0.25) is 0 Å². The molecular formula is C19H12FN. The molecule has 1 aromatic heterocycles. The molecule has 1 nitrogen and oxygen atoms in total. The van der Waals surface area contributed by atoms with Crippen molar-refractivity contribution < 1.29 is 4.39 Å². The fourth-order valence-corrected chi connectivity index (χ4v) is 2.88. The van der Waals surface area contributed by atoms with Gasteiger partial charge in [0.05, 0.1) is 0 Å². The predicted molar refractivity (Wildman–Crippen MR) is 84.6 cm³/mol. The molecule has 2 heteroatoms. The van der Waals surface area contributed by atoms with Gasteiger partial charge in [0.2, 0.25) is 5.95 Å². The number of hydrogen-bond acceptors (Lipinski definition) is 1. The van der Waals surface area contributed by atoms with Gasteiger partial charge in [0, 0.05) is 12.3 Å². The highest BCUT2D eigenvalue weighted by atomic mass is 19.1. The zero-order chi connectivity index (χ0) is 14.2. The minimum Gasteiger partial charge on any atom is -0.228 e. The van der Waals surface area contributed by atoms with Gasteiger partial charge in [-0.05, 0) is 44.8 Å². The Labute approximate surface area is 121 Å². The quantitative estimate of drug-likeness (QED) is 0.343. The maximum atomic E-state index is 13.5. The molecular weight excluding hydrogens is 261 g/mol. The standard InChI is InChI=1S/C19H12FN/c20-18-12-15(9-10-21-18)19-16-7-3-1-5-13(16)11-14-6-2-4-8-17(14)19/h1-12H. The van der Waals surface area contributed by atoms with Gasteiger partial charge in [-0.3, -0.25) is 0 Å². The molecule has 0 aliphatic heterocycles. The van der Waals surface area contributed by atoms with Gasteiger partial charge in [-0.1, -0.05) is 48.5 Å². The largest absolute Gasteiger partial charge is 0.228 e. The molecule has 0 unspecified atom stereocenters. The molecule has 1 heterocycles. The van der Waals surface area contributed by atoms with Crippen LogP contribution in [0.4, 0.5) is 4.39 Å². The summed E-state index contributed by atoms with van der Waals surface area (Å²) < 4.78 is 13.5. The topological polar surface area (TPSA) is 12.9 Å². The zero-order valence-electron chi connectivity index (χ0n) is 11.3. The Bertz CT molecular complexity index is 906. The van der Waals surface area contributed by atoms with E-state index in [0.717, 1.165) is 32.7 Å². The number of fused-ring (bicyclic) bond motifs is 2. The lowest BCUT2D eigenvalue weighted by atomic mass is 9.92. The van der Waals surface area contributed by atoms with Gasteiger partial charge in [0.15, 0.2) is 0 Å². The summed E-state index contributed by atoms with van der Waals surface area (Å²) in [7, 11) is 0. The first-order valence-corrected chi connectivity index (χ1v) is 6.85. The number of pyridine rings is 1. The van der Waals surface area contributed by atoms with Crippen molar-refractivity contribution in [2.45, 2.75) is 0 Å². The van der Waals surface area contributed by atoms with Crippen LogP contribution >= 0.6 is 0 Å². The molecule has 0 saturated carbocycles. The maximum absolute atomic E-state index is 13.5. The minimum absolute atomic E-state index is 0.454. The van der Waals surface area contributed by atoms with E-state index < -0.39 is 5.95 Å². The van der Waals surface area contributed by atoms with E-state index in [-0.39, 0.29) is 0 Å². The Morgan fingerprint density at radius 1 is 0.714 bits per heavy atom. The SMILES string of the molecule is Fc1cc(-c2c3ccccc3cc3ccccc23)ccn1. The average molecular weight is 273 g/mol. The fraction of sp³-hybridized carbons (Fsp3) is 0. The molecule has 0 aliphatic rings. The lowest BCUT2D eigenvalue weighted by Gasteiger charge is -2.11. The summed E-state index contributed by atoms with van der Waals surface area (Å²) in [5, 5.41) is 4.57. The van der Waals surface area contributed by atoms with Crippen LogP contribution in [0.3, 0.4) is 0 Å². The van der Waals surface area contributed by atoms with Crippen LogP contribution in [0, 0.1) is 5.95 Å². The van der Waals surface area contributed by atoms with Gasteiger partial charge in [-0.2, -0.15) is 4.39 Å². The molecule has 0 radical (unpaired) electrons. The molecule has 100 valence electrons. The van der Waals surface area contributed by atoms with Crippen molar-refractivity contribution in [3.05, 3.63) is 78.9 Å². The second-order valence-corrected chi connectivity index (χ2v) is 5.06. The fourth-order valence-electron chi connectivity index (χ4n) is 2.88. The molecule has 0 fully saturated rings. The summed E-state index contributed by atoms with van der Waals surface area (Å²) in [6.45, 7) is 0. The van der Waals surface area contributed by atoms with Crippen molar-refractivity contribution in [1.29, 1.82) is 0 Å². The third-order valence-electron chi connectivity index (χ3n) is 3.79. The zero-order valence-corrected chi connectivity index (χ0v) is 11.3. The molecule has 4 rings (SSSR count). The Kier molecular flexibility index (Phi) is 2.68.